The third kappa shape index (κ3) is 6.33. The molecule has 3 rings (SSSR count). The number of nitrogens with zero attached hydrogens (tertiary/aromatic N) is 3. The Kier molecular flexibility index (Phi) is 8.78. The number of aliphatic imine (C=N–C) groups is 1. The average Bonchev–Trinajstić information content (AvgIpc) is 3.25. The van der Waals surface area contributed by atoms with E-state index in [9.17, 15) is 5.11 Å². The summed E-state index contributed by atoms with van der Waals surface area (Å²) in [5, 5.41) is 16.3. The third-order valence-corrected chi connectivity index (χ3v) is 6.37. The molecule has 1 aromatic carbocycles. The molecule has 2 saturated heterocycles. The molecule has 168 valence electrons. The number of rotatable bonds is 9. The average molecular weight is 418 g/mol. The van der Waals surface area contributed by atoms with Crippen molar-refractivity contribution >= 4 is 11.6 Å². The Morgan fingerprint density at radius 2 is 1.97 bits per heavy atom. The van der Waals surface area contributed by atoms with E-state index in [0.29, 0.717) is 19.2 Å². The van der Waals surface area contributed by atoms with Crippen molar-refractivity contribution in [3.05, 3.63) is 30.3 Å². The van der Waals surface area contributed by atoms with Gasteiger partial charge in [0.05, 0.1) is 13.2 Å². The van der Waals surface area contributed by atoms with Gasteiger partial charge in [-0.05, 0) is 38.8 Å². The number of para-hydroxylation sites is 1. The van der Waals surface area contributed by atoms with Gasteiger partial charge in [-0.25, -0.2) is 0 Å². The van der Waals surface area contributed by atoms with Gasteiger partial charge in [0.15, 0.2) is 5.96 Å². The second-order valence-corrected chi connectivity index (χ2v) is 8.56. The number of hydrogen-bond donors (Lipinski definition) is 3. The number of aliphatic hydroxyl groups is 1. The van der Waals surface area contributed by atoms with E-state index in [1.807, 2.05) is 0 Å². The highest BCUT2D eigenvalue weighted by atomic mass is 16.5. The Labute approximate surface area is 181 Å². The minimum absolute atomic E-state index is 0.0174. The summed E-state index contributed by atoms with van der Waals surface area (Å²) in [6.45, 7) is 12.7. The van der Waals surface area contributed by atoms with Crippen LogP contribution in [0.2, 0.25) is 0 Å². The number of piperazine rings is 1. The van der Waals surface area contributed by atoms with Crippen LogP contribution in [0.5, 0.6) is 0 Å². The Morgan fingerprint density at radius 1 is 1.20 bits per heavy atom. The minimum Gasteiger partial charge on any atom is -0.396 e. The third-order valence-electron chi connectivity index (χ3n) is 6.37. The molecule has 7 nitrogen and oxygen atoms in total. The summed E-state index contributed by atoms with van der Waals surface area (Å²) < 4.78 is 5.59. The standard InChI is InChI=1S/C23H39N5O2/c1-3-24-22(26-18-23(9-15-29)10-16-30-19-23)25-17-20(2)27-11-13-28(14-12-27)21-7-5-4-6-8-21/h4-8,20,29H,3,9-19H2,1-2H3,(H2,24,25,26). The van der Waals surface area contributed by atoms with Crippen molar-refractivity contribution in [2.24, 2.45) is 10.4 Å². The van der Waals surface area contributed by atoms with Crippen LogP contribution in [0, 0.1) is 5.41 Å². The zero-order valence-electron chi connectivity index (χ0n) is 18.6. The zero-order valence-corrected chi connectivity index (χ0v) is 18.6. The maximum absolute atomic E-state index is 9.43. The first-order valence-corrected chi connectivity index (χ1v) is 11.4. The summed E-state index contributed by atoms with van der Waals surface area (Å²) in [7, 11) is 0. The van der Waals surface area contributed by atoms with Crippen LogP contribution >= 0.6 is 0 Å². The van der Waals surface area contributed by atoms with Crippen molar-refractivity contribution in [1.82, 2.24) is 15.5 Å². The zero-order chi connectivity index (χ0) is 21.2. The molecule has 0 amide bonds. The summed E-state index contributed by atoms with van der Waals surface area (Å²) in [6, 6.07) is 11.1. The van der Waals surface area contributed by atoms with Gasteiger partial charge < -0.3 is 25.4 Å². The Morgan fingerprint density at radius 3 is 2.60 bits per heavy atom. The molecule has 0 aliphatic carbocycles. The summed E-state index contributed by atoms with van der Waals surface area (Å²) in [6.07, 6.45) is 1.72. The smallest absolute Gasteiger partial charge is 0.191 e. The van der Waals surface area contributed by atoms with Gasteiger partial charge in [-0.3, -0.25) is 9.89 Å². The van der Waals surface area contributed by atoms with E-state index in [4.69, 9.17) is 9.73 Å². The topological polar surface area (TPSA) is 72.4 Å². The molecule has 2 unspecified atom stereocenters. The lowest BCUT2D eigenvalue weighted by atomic mass is 9.84. The van der Waals surface area contributed by atoms with Gasteiger partial charge in [0, 0.05) is 69.6 Å². The second-order valence-electron chi connectivity index (χ2n) is 8.56. The lowest BCUT2D eigenvalue weighted by Gasteiger charge is -2.39. The first kappa shape index (κ1) is 22.8. The van der Waals surface area contributed by atoms with Crippen molar-refractivity contribution in [3.8, 4) is 0 Å². The molecule has 0 saturated carbocycles. The quantitative estimate of drug-likeness (QED) is 0.418. The van der Waals surface area contributed by atoms with Crippen LogP contribution in [0.25, 0.3) is 0 Å². The van der Waals surface area contributed by atoms with Crippen LogP contribution in [0.1, 0.15) is 26.7 Å². The molecule has 2 heterocycles. The molecule has 0 spiro atoms. The van der Waals surface area contributed by atoms with E-state index in [-0.39, 0.29) is 12.0 Å². The highest BCUT2D eigenvalue weighted by Crippen LogP contribution is 2.32. The van der Waals surface area contributed by atoms with Crippen LogP contribution in [-0.2, 0) is 4.74 Å². The molecule has 2 aliphatic heterocycles. The predicted octanol–water partition coefficient (Wildman–Crippen LogP) is 1.54. The molecule has 2 fully saturated rings. The van der Waals surface area contributed by atoms with E-state index in [0.717, 1.165) is 64.7 Å². The van der Waals surface area contributed by atoms with Crippen LogP contribution < -0.4 is 15.5 Å². The Bertz CT molecular complexity index is 640. The van der Waals surface area contributed by atoms with Crippen LogP contribution in [0.4, 0.5) is 5.69 Å². The van der Waals surface area contributed by atoms with Gasteiger partial charge in [0.25, 0.3) is 0 Å². The molecular weight excluding hydrogens is 378 g/mol. The van der Waals surface area contributed by atoms with Crippen LogP contribution in [0.3, 0.4) is 0 Å². The molecule has 1 aromatic rings. The highest BCUT2D eigenvalue weighted by molar-refractivity contribution is 5.79. The summed E-state index contributed by atoms with van der Waals surface area (Å²) in [5.41, 5.74) is 1.30. The van der Waals surface area contributed by atoms with Gasteiger partial charge in [0.1, 0.15) is 0 Å². The van der Waals surface area contributed by atoms with E-state index in [2.05, 4.69) is 64.6 Å². The molecule has 7 heteroatoms. The first-order chi connectivity index (χ1) is 14.7. The van der Waals surface area contributed by atoms with Crippen molar-refractivity contribution in [2.75, 3.05) is 70.5 Å². The fourth-order valence-corrected chi connectivity index (χ4v) is 4.31. The molecule has 0 radical (unpaired) electrons. The summed E-state index contributed by atoms with van der Waals surface area (Å²) in [4.78, 5) is 9.85. The van der Waals surface area contributed by atoms with Gasteiger partial charge in [-0.2, -0.15) is 0 Å². The number of hydrogen-bond acceptors (Lipinski definition) is 5. The van der Waals surface area contributed by atoms with Gasteiger partial charge in [-0.15, -0.1) is 0 Å². The molecule has 2 atom stereocenters. The second kappa shape index (κ2) is 11.5. The van der Waals surface area contributed by atoms with E-state index in [1.165, 1.54) is 5.69 Å². The number of nitrogens with one attached hydrogen (secondary N) is 2. The van der Waals surface area contributed by atoms with Crippen LogP contribution in [0.15, 0.2) is 35.3 Å². The Hall–Kier alpha value is -1.83. The molecule has 0 bridgehead atoms. The van der Waals surface area contributed by atoms with Gasteiger partial charge in [-0.1, -0.05) is 18.2 Å². The van der Waals surface area contributed by atoms with Crippen molar-refractivity contribution < 1.29 is 9.84 Å². The highest BCUT2D eigenvalue weighted by Gasteiger charge is 2.34. The SMILES string of the molecule is CCNC(=NCC1(CCO)CCOC1)NCC(C)N1CCN(c2ccccc2)CC1. The number of aliphatic hydroxyl groups excluding tert-OH is 1. The maximum Gasteiger partial charge on any atom is 0.191 e. The Balaban J connectivity index is 1.47. The van der Waals surface area contributed by atoms with E-state index in [1.54, 1.807) is 0 Å². The molecular formula is C23H39N5O2. The minimum atomic E-state index is -0.0174. The lowest BCUT2D eigenvalue weighted by Crippen LogP contribution is -2.53. The van der Waals surface area contributed by atoms with Crippen LogP contribution in [-0.4, -0.2) is 87.6 Å². The van der Waals surface area contributed by atoms with Crippen molar-refractivity contribution in [3.63, 3.8) is 0 Å². The fraction of sp³-hybridized carbons (Fsp3) is 0.696. The van der Waals surface area contributed by atoms with Gasteiger partial charge in [0.2, 0.25) is 0 Å². The molecule has 2 aliphatic rings. The molecule has 30 heavy (non-hydrogen) atoms. The van der Waals surface area contributed by atoms with E-state index >= 15 is 0 Å². The molecule has 0 aromatic heterocycles. The van der Waals surface area contributed by atoms with E-state index < -0.39 is 0 Å². The fourth-order valence-electron chi connectivity index (χ4n) is 4.31. The normalized spacial score (nSPS) is 24.1. The number of benzene rings is 1. The maximum atomic E-state index is 9.43. The largest absolute Gasteiger partial charge is 0.396 e. The summed E-state index contributed by atoms with van der Waals surface area (Å²) in [5.74, 6) is 0.858. The van der Waals surface area contributed by atoms with Gasteiger partial charge >= 0.3 is 0 Å². The number of ether oxygens (including phenoxy) is 1. The lowest BCUT2D eigenvalue weighted by molar-refractivity contribution is 0.131. The monoisotopic (exact) mass is 417 g/mol. The number of anilines is 1. The number of guanidine groups is 1. The molecule has 3 N–H and O–H groups in total. The van der Waals surface area contributed by atoms with Crippen molar-refractivity contribution in [1.29, 1.82) is 0 Å². The predicted molar refractivity (Wildman–Crippen MR) is 123 cm³/mol. The van der Waals surface area contributed by atoms with Crippen molar-refractivity contribution in [2.45, 2.75) is 32.7 Å². The first-order valence-electron chi connectivity index (χ1n) is 11.4. The summed E-state index contributed by atoms with van der Waals surface area (Å²) >= 11 is 0.